The number of ether oxygens (including phenoxy) is 1. The fourth-order valence-electron chi connectivity index (χ4n) is 3.89. The summed E-state index contributed by atoms with van der Waals surface area (Å²) in [4.78, 5) is 0. The monoisotopic (exact) mass is 406 g/mol. The summed E-state index contributed by atoms with van der Waals surface area (Å²) in [6.45, 7) is 7.56. The number of halogens is 2. The minimum absolute atomic E-state index is 0.0678. The van der Waals surface area contributed by atoms with Gasteiger partial charge in [-0.05, 0) is 59.4 Å². The molecule has 1 heterocycles. The predicted octanol–water partition coefficient (Wildman–Crippen LogP) is 7.03. The minimum atomic E-state index is -0.673. The summed E-state index contributed by atoms with van der Waals surface area (Å²) in [5.74, 6) is -0.613. The largest absolute Gasteiger partial charge is 0.508 e. The van der Waals surface area contributed by atoms with E-state index in [2.05, 4.69) is 0 Å². The number of allylic oxidation sites excluding steroid dienone is 1. The molecule has 30 heavy (non-hydrogen) atoms. The van der Waals surface area contributed by atoms with Gasteiger partial charge in [-0.2, -0.15) is 0 Å². The van der Waals surface area contributed by atoms with E-state index in [4.69, 9.17) is 4.74 Å². The number of rotatable bonds is 2. The maximum Gasteiger partial charge on any atom is 0.150 e. The molecule has 1 aliphatic rings. The molecule has 1 N–H and O–H groups in total. The summed E-state index contributed by atoms with van der Waals surface area (Å²) >= 11 is 0. The molecule has 3 aromatic rings. The van der Waals surface area contributed by atoms with Gasteiger partial charge in [0.2, 0.25) is 0 Å². The average Bonchev–Trinajstić information content (AvgIpc) is 2.69. The Morgan fingerprint density at radius 1 is 0.900 bits per heavy atom. The molecule has 0 fully saturated rings. The second kappa shape index (κ2) is 7.28. The lowest BCUT2D eigenvalue weighted by molar-refractivity contribution is 0.258. The number of hydrogen-bond acceptors (Lipinski definition) is 2. The number of benzene rings is 3. The standard InChI is InChI=1S/C26H24F2O2/c1-15-19-14-18(29)10-11-22(19)30-25(16-8-6-5-7-9-16)23(15)24-20(27)12-17(13-21(24)28)26(2,3)4/h5-14,25,29H,1-4H3/t25-/m0/s1. The predicted molar refractivity (Wildman–Crippen MR) is 115 cm³/mol. The number of hydrogen-bond donors (Lipinski definition) is 1. The van der Waals surface area contributed by atoms with E-state index in [1.165, 1.54) is 12.1 Å². The Balaban J connectivity index is 1.99. The molecule has 2 nitrogen and oxygen atoms in total. The maximum atomic E-state index is 15.4. The van der Waals surface area contributed by atoms with Crippen LogP contribution in [-0.4, -0.2) is 5.11 Å². The second-order valence-electron chi connectivity index (χ2n) is 8.69. The topological polar surface area (TPSA) is 29.5 Å². The van der Waals surface area contributed by atoms with Crippen LogP contribution in [0.25, 0.3) is 11.1 Å². The number of phenolic OH excluding ortho intramolecular Hbond substituents is 1. The molecule has 0 aliphatic carbocycles. The van der Waals surface area contributed by atoms with Crippen LogP contribution >= 0.6 is 0 Å². The highest BCUT2D eigenvalue weighted by Gasteiger charge is 2.33. The van der Waals surface area contributed by atoms with E-state index in [-0.39, 0.29) is 16.7 Å². The van der Waals surface area contributed by atoms with Gasteiger partial charge in [0.25, 0.3) is 0 Å². The second-order valence-corrected chi connectivity index (χ2v) is 8.69. The number of aromatic hydroxyl groups is 1. The van der Waals surface area contributed by atoms with Crippen molar-refractivity contribution in [1.29, 1.82) is 0 Å². The summed E-state index contributed by atoms with van der Waals surface area (Å²) in [6.07, 6.45) is -0.673. The van der Waals surface area contributed by atoms with E-state index in [1.807, 2.05) is 58.0 Å². The van der Waals surface area contributed by atoms with E-state index in [0.717, 1.165) is 5.56 Å². The van der Waals surface area contributed by atoms with E-state index in [9.17, 15) is 5.11 Å². The van der Waals surface area contributed by atoms with Crippen LogP contribution in [-0.2, 0) is 5.41 Å². The Kier molecular flexibility index (Phi) is 4.89. The summed E-state index contributed by atoms with van der Waals surface area (Å²) in [7, 11) is 0. The van der Waals surface area contributed by atoms with Crippen molar-refractivity contribution in [3.05, 3.63) is 94.6 Å². The van der Waals surface area contributed by atoms with Gasteiger partial charge in [-0.1, -0.05) is 51.1 Å². The van der Waals surface area contributed by atoms with Crippen LogP contribution in [0.1, 0.15) is 56.1 Å². The molecule has 154 valence electrons. The Bertz CT molecular complexity index is 1120. The van der Waals surface area contributed by atoms with Crippen molar-refractivity contribution in [2.75, 3.05) is 0 Å². The first-order valence-electron chi connectivity index (χ1n) is 9.92. The van der Waals surface area contributed by atoms with Gasteiger partial charge in [0, 0.05) is 11.1 Å². The van der Waals surface area contributed by atoms with Crippen molar-refractivity contribution >= 4 is 11.1 Å². The van der Waals surface area contributed by atoms with Gasteiger partial charge in [0.15, 0.2) is 0 Å². The van der Waals surface area contributed by atoms with Crippen molar-refractivity contribution in [3.8, 4) is 11.5 Å². The summed E-state index contributed by atoms with van der Waals surface area (Å²) in [5.41, 5.74) is 2.62. The highest BCUT2D eigenvalue weighted by Crippen LogP contribution is 2.48. The van der Waals surface area contributed by atoms with E-state index >= 15 is 8.78 Å². The smallest absolute Gasteiger partial charge is 0.150 e. The molecule has 0 saturated heterocycles. The minimum Gasteiger partial charge on any atom is -0.508 e. The Labute approximate surface area is 175 Å². The van der Waals surface area contributed by atoms with Gasteiger partial charge in [0.1, 0.15) is 29.2 Å². The van der Waals surface area contributed by atoms with E-state index in [0.29, 0.717) is 28.0 Å². The van der Waals surface area contributed by atoms with Crippen LogP contribution in [0, 0.1) is 11.6 Å². The molecular weight excluding hydrogens is 382 g/mol. The van der Waals surface area contributed by atoms with Crippen molar-refractivity contribution in [1.82, 2.24) is 0 Å². The lowest BCUT2D eigenvalue weighted by atomic mass is 9.82. The SMILES string of the molecule is CC1=C(c2c(F)cc(C(C)(C)C)cc2F)[C@H](c2ccccc2)Oc2ccc(O)cc21. The van der Waals surface area contributed by atoms with Crippen molar-refractivity contribution in [2.45, 2.75) is 39.2 Å². The first-order chi connectivity index (χ1) is 14.2. The number of phenols is 1. The molecule has 1 aliphatic heterocycles. The van der Waals surface area contributed by atoms with Gasteiger partial charge >= 0.3 is 0 Å². The summed E-state index contributed by atoms with van der Waals surface area (Å²) in [6, 6.07) is 17.0. The summed E-state index contributed by atoms with van der Waals surface area (Å²) < 4.78 is 36.9. The molecule has 1 atom stereocenters. The molecule has 3 aromatic carbocycles. The average molecular weight is 406 g/mol. The van der Waals surface area contributed by atoms with Gasteiger partial charge in [-0.3, -0.25) is 0 Å². The fraction of sp³-hybridized carbons (Fsp3) is 0.231. The van der Waals surface area contributed by atoms with Crippen LogP contribution in [0.4, 0.5) is 8.78 Å². The van der Waals surface area contributed by atoms with Crippen molar-refractivity contribution in [3.63, 3.8) is 0 Å². The molecule has 0 radical (unpaired) electrons. The molecule has 0 unspecified atom stereocenters. The van der Waals surface area contributed by atoms with Crippen LogP contribution in [0.2, 0.25) is 0 Å². The highest BCUT2D eigenvalue weighted by molar-refractivity contribution is 5.96. The zero-order chi connectivity index (χ0) is 21.6. The van der Waals surface area contributed by atoms with E-state index < -0.39 is 17.7 Å². The van der Waals surface area contributed by atoms with Crippen LogP contribution in [0.5, 0.6) is 11.5 Å². The molecule has 0 bridgehead atoms. The van der Waals surface area contributed by atoms with Crippen molar-refractivity contribution < 1.29 is 18.6 Å². The first kappa shape index (κ1) is 20.1. The third-order valence-corrected chi connectivity index (χ3v) is 5.56. The fourth-order valence-corrected chi connectivity index (χ4v) is 3.89. The van der Waals surface area contributed by atoms with Crippen molar-refractivity contribution in [2.24, 2.45) is 0 Å². The third kappa shape index (κ3) is 3.47. The van der Waals surface area contributed by atoms with Crippen LogP contribution in [0.3, 0.4) is 0 Å². The van der Waals surface area contributed by atoms with Gasteiger partial charge in [0.05, 0.1) is 5.56 Å². The first-order valence-corrected chi connectivity index (χ1v) is 9.92. The van der Waals surface area contributed by atoms with E-state index in [1.54, 1.807) is 18.2 Å². The zero-order valence-electron chi connectivity index (χ0n) is 17.5. The maximum absolute atomic E-state index is 15.4. The number of fused-ring (bicyclic) bond motifs is 1. The van der Waals surface area contributed by atoms with Gasteiger partial charge < -0.3 is 9.84 Å². The van der Waals surface area contributed by atoms with Crippen LogP contribution < -0.4 is 4.74 Å². The molecule has 0 spiro atoms. The van der Waals surface area contributed by atoms with Crippen LogP contribution in [0.15, 0.2) is 60.7 Å². The Hall–Kier alpha value is -3.14. The lowest BCUT2D eigenvalue weighted by Crippen LogP contribution is -2.19. The molecule has 4 heteroatoms. The third-order valence-electron chi connectivity index (χ3n) is 5.56. The molecule has 0 aromatic heterocycles. The molecule has 4 rings (SSSR count). The molecule has 0 amide bonds. The lowest BCUT2D eigenvalue weighted by Gasteiger charge is -2.32. The van der Waals surface area contributed by atoms with Gasteiger partial charge in [-0.25, -0.2) is 8.78 Å². The highest BCUT2D eigenvalue weighted by atomic mass is 19.1. The Morgan fingerprint density at radius 3 is 2.13 bits per heavy atom. The molecular formula is C26H24F2O2. The quantitative estimate of drug-likeness (QED) is 0.495. The molecule has 0 saturated carbocycles. The normalized spacial score (nSPS) is 16.3. The Morgan fingerprint density at radius 2 is 1.53 bits per heavy atom. The summed E-state index contributed by atoms with van der Waals surface area (Å²) in [5, 5.41) is 9.95. The zero-order valence-corrected chi connectivity index (χ0v) is 17.5. The van der Waals surface area contributed by atoms with Gasteiger partial charge in [-0.15, -0.1) is 0 Å².